The molecule has 0 aliphatic heterocycles. The Balaban J connectivity index is 2.27. The Morgan fingerprint density at radius 3 is 2.52 bits per heavy atom. The largest absolute Gasteiger partial charge is 0.363 e. The molecule has 1 aromatic carbocycles. The van der Waals surface area contributed by atoms with E-state index in [0.29, 0.717) is 22.6 Å². The monoisotopic (exact) mass is 312 g/mol. The fraction of sp³-hybridized carbons (Fsp3) is 0.235. The molecule has 0 atom stereocenters. The van der Waals surface area contributed by atoms with Gasteiger partial charge in [0.1, 0.15) is 5.82 Å². The summed E-state index contributed by atoms with van der Waals surface area (Å²) in [7, 11) is 5.30. The Kier molecular flexibility index (Phi) is 4.95. The summed E-state index contributed by atoms with van der Waals surface area (Å²) in [6, 6.07) is 8.60. The van der Waals surface area contributed by atoms with Gasteiger partial charge in [-0.25, -0.2) is 4.98 Å². The van der Waals surface area contributed by atoms with Gasteiger partial charge in [-0.3, -0.25) is 9.59 Å². The van der Waals surface area contributed by atoms with Crippen molar-refractivity contribution in [3.8, 4) is 0 Å². The summed E-state index contributed by atoms with van der Waals surface area (Å²) in [5.74, 6) is 0.276. The number of pyridine rings is 1. The van der Waals surface area contributed by atoms with Gasteiger partial charge < -0.3 is 15.5 Å². The van der Waals surface area contributed by atoms with E-state index >= 15 is 0 Å². The first-order valence-electron chi connectivity index (χ1n) is 7.20. The van der Waals surface area contributed by atoms with Crippen LogP contribution in [-0.2, 0) is 0 Å². The maximum Gasteiger partial charge on any atom is 0.255 e. The van der Waals surface area contributed by atoms with Gasteiger partial charge in [-0.15, -0.1) is 0 Å². The summed E-state index contributed by atoms with van der Waals surface area (Å²) >= 11 is 0. The first-order chi connectivity index (χ1) is 10.9. The minimum Gasteiger partial charge on any atom is -0.363 e. The molecular formula is C17H20N4O2. The quantitative estimate of drug-likeness (QED) is 0.906. The SMILES string of the molecule is CNC(=O)c1cccc(NC(=O)c2ccnc(N(C)C)c2)c1C. The lowest BCUT2D eigenvalue weighted by atomic mass is 10.1. The molecule has 0 spiro atoms. The van der Waals surface area contributed by atoms with Gasteiger partial charge in [0, 0.05) is 44.2 Å². The summed E-state index contributed by atoms with van der Waals surface area (Å²) in [5.41, 5.74) is 2.38. The highest BCUT2D eigenvalue weighted by molar-refractivity contribution is 6.06. The zero-order valence-corrected chi connectivity index (χ0v) is 13.7. The van der Waals surface area contributed by atoms with Gasteiger partial charge in [-0.2, -0.15) is 0 Å². The van der Waals surface area contributed by atoms with Crippen LogP contribution in [0.1, 0.15) is 26.3 Å². The second-order valence-electron chi connectivity index (χ2n) is 5.31. The molecule has 0 saturated heterocycles. The molecule has 2 rings (SSSR count). The number of carbonyl (C=O) groups is 2. The molecule has 120 valence electrons. The molecule has 1 heterocycles. The molecule has 0 unspecified atom stereocenters. The maximum absolute atomic E-state index is 12.4. The van der Waals surface area contributed by atoms with Gasteiger partial charge >= 0.3 is 0 Å². The van der Waals surface area contributed by atoms with E-state index in [1.807, 2.05) is 19.0 Å². The average molecular weight is 312 g/mol. The number of rotatable bonds is 4. The molecule has 0 fully saturated rings. The van der Waals surface area contributed by atoms with Crippen LogP contribution in [0.4, 0.5) is 11.5 Å². The first-order valence-corrected chi connectivity index (χ1v) is 7.20. The number of carbonyl (C=O) groups excluding carboxylic acids is 2. The number of benzene rings is 1. The minimum absolute atomic E-state index is 0.183. The van der Waals surface area contributed by atoms with E-state index in [1.165, 1.54) is 0 Å². The van der Waals surface area contributed by atoms with Crippen LogP contribution in [0.25, 0.3) is 0 Å². The maximum atomic E-state index is 12.4. The van der Waals surface area contributed by atoms with Crippen molar-refractivity contribution in [2.75, 3.05) is 31.4 Å². The van der Waals surface area contributed by atoms with Crippen LogP contribution in [0.2, 0.25) is 0 Å². The fourth-order valence-electron chi connectivity index (χ4n) is 2.15. The lowest BCUT2D eigenvalue weighted by Crippen LogP contribution is -2.20. The van der Waals surface area contributed by atoms with Gasteiger partial charge in [-0.1, -0.05) is 6.07 Å². The molecule has 0 bridgehead atoms. The minimum atomic E-state index is -0.243. The summed E-state index contributed by atoms with van der Waals surface area (Å²) in [5, 5.41) is 5.44. The van der Waals surface area contributed by atoms with Gasteiger partial charge in [0.15, 0.2) is 0 Å². The molecule has 0 aliphatic carbocycles. The summed E-state index contributed by atoms with van der Waals surface area (Å²) in [4.78, 5) is 30.3. The van der Waals surface area contributed by atoms with Crippen LogP contribution in [-0.4, -0.2) is 37.9 Å². The Morgan fingerprint density at radius 1 is 1.13 bits per heavy atom. The van der Waals surface area contributed by atoms with E-state index in [-0.39, 0.29) is 11.8 Å². The second kappa shape index (κ2) is 6.91. The molecule has 6 nitrogen and oxygen atoms in total. The van der Waals surface area contributed by atoms with E-state index in [0.717, 1.165) is 5.56 Å². The standard InChI is InChI=1S/C17H20N4O2/c1-11-13(17(23)18-2)6-5-7-14(11)20-16(22)12-8-9-19-15(10-12)21(3)4/h5-10H,1-4H3,(H,18,23)(H,20,22). The van der Waals surface area contributed by atoms with Crippen molar-refractivity contribution in [3.05, 3.63) is 53.2 Å². The summed E-state index contributed by atoms with van der Waals surface area (Å²) < 4.78 is 0. The van der Waals surface area contributed by atoms with E-state index in [4.69, 9.17) is 0 Å². The molecule has 1 aromatic heterocycles. The number of nitrogens with one attached hydrogen (secondary N) is 2. The van der Waals surface area contributed by atoms with E-state index in [1.54, 1.807) is 50.5 Å². The predicted molar refractivity (Wildman–Crippen MR) is 91.1 cm³/mol. The number of hydrogen-bond donors (Lipinski definition) is 2. The van der Waals surface area contributed by atoms with Gasteiger partial charge in [0.25, 0.3) is 11.8 Å². The van der Waals surface area contributed by atoms with Crippen molar-refractivity contribution < 1.29 is 9.59 Å². The number of hydrogen-bond acceptors (Lipinski definition) is 4. The Bertz CT molecular complexity index is 741. The van der Waals surface area contributed by atoms with E-state index in [9.17, 15) is 9.59 Å². The lowest BCUT2D eigenvalue weighted by Gasteiger charge is -2.14. The molecule has 0 aliphatic rings. The molecule has 2 N–H and O–H groups in total. The van der Waals surface area contributed by atoms with Crippen molar-refractivity contribution in [2.45, 2.75) is 6.92 Å². The summed E-state index contributed by atoms with van der Waals surface area (Å²) in [6.07, 6.45) is 1.60. The Labute approximate surface area is 135 Å². The zero-order valence-electron chi connectivity index (χ0n) is 13.7. The third kappa shape index (κ3) is 3.66. The van der Waals surface area contributed by atoms with E-state index < -0.39 is 0 Å². The zero-order chi connectivity index (χ0) is 17.0. The molecule has 23 heavy (non-hydrogen) atoms. The third-order valence-corrected chi connectivity index (χ3v) is 3.52. The highest BCUT2D eigenvalue weighted by atomic mass is 16.2. The van der Waals surface area contributed by atoms with Gasteiger partial charge in [-0.05, 0) is 36.8 Å². The van der Waals surface area contributed by atoms with Crippen LogP contribution in [0.3, 0.4) is 0 Å². The second-order valence-corrected chi connectivity index (χ2v) is 5.31. The normalized spacial score (nSPS) is 10.1. The number of nitrogens with zero attached hydrogens (tertiary/aromatic N) is 2. The Hall–Kier alpha value is -2.89. The number of anilines is 2. The summed E-state index contributed by atoms with van der Waals surface area (Å²) in [6.45, 7) is 1.80. The highest BCUT2D eigenvalue weighted by Gasteiger charge is 2.13. The third-order valence-electron chi connectivity index (χ3n) is 3.52. The fourth-order valence-corrected chi connectivity index (χ4v) is 2.15. The van der Waals surface area contributed by atoms with Crippen LogP contribution in [0, 0.1) is 6.92 Å². The molecular weight excluding hydrogens is 292 g/mol. The van der Waals surface area contributed by atoms with Crippen molar-refractivity contribution in [2.24, 2.45) is 0 Å². The average Bonchev–Trinajstić information content (AvgIpc) is 2.56. The van der Waals surface area contributed by atoms with Crippen molar-refractivity contribution in [1.29, 1.82) is 0 Å². The number of aromatic nitrogens is 1. The molecule has 2 aromatic rings. The van der Waals surface area contributed by atoms with Crippen molar-refractivity contribution in [1.82, 2.24) is 10.3 Å². The van der Waals surface area contributed by atoms with E-state index in [2.05, 4.69) is 15.6 Å². The van der Waals surface area contributed by atoms with Crippen LogP contribution < -0.4 is 15.5 Å². The van der Waals surface area contributed by atoms with Crippen molar-refractivity contribution in [3.63, 3.8) is 0 Å². The van der Waals surface area contributed by atoms with Crippen LogP contribution in [0.5, 0.6) is 0 Å². The van der Waals surface area contributed by atoms with Gasteiger partial charge in [0.2, 0.25) is 0 Å². The predicted octanol–water partition coefficient (Wildman–Crippen LogP) is 2.07. The molecule has 2 amide bonds. The number of amides is 2. The first kappa shape index (κ1) is 16.5. The Morgan fingerprint density at radius 2 is 1.87 bits per heavy atom. The van der Waals surface area contributed by atoms with Gasteiger partial charge in [0.05, 0.1) is 0 Å². The van der Waals surface area contributed by atoms with Crippen LogP contribution in [0.15, 0.2) is 36.5 Å². The smallest absolute Gasteiger partial charge is 0.255 e. The molecule has 0 saturated carbocycles. The van der Waals surface area contributed by atoms with Crippen molar-refractivity contribution >= 4 is 23.3 Å². The lowest BCUT2D eigenvalue weighted by molar-refractivity contribution is 0.0960. The molecule has 0 radical (unpaired) electrons. The highest BCUT2D eigenvalue weighted by Crippen LogP contribution is 2.20. The topological polar surface area (TPSA) is 74.3 Å². The van der Waals surface area contributed by atoms with Crippen LogP contribution >= 0.6 is 0 Å². The molecule has 6 heteroatoms.